The summed E-state index contributed by atoms with van der Waals surface area (Å²) >= 11 is 0. The number of hydrogen-bond acceptors (Lipinski definition) is 2. The van der Waals surface area contributed by atoms with Gasteiger partial charge in [0.05, 0.1) is 18.2 Å². The maximum absolute atomic E-state index is 12.8. The van der Waals surface area contributed by atoms with Crippen LogP contribution in [0.3, 0.4) is 0 Å². The van der Waals surface area contributed by atoms with Crippen LogP contribution in [0.15, 0.2) is 22.8 Å². The van der Waals surface area contributed by atoms with E-state index in [1.807, 2.05) is 6.07 Å². The Kier molecular flexibility index (Phi) is 4.00. The van der Waals surface area contributed by atoms with E-state index in [9.17, 15) is 13.2 Å². The summed E-state index contributed by atoms with van der Waals surface area (Å²) in [5, 5.41) is 3.09. The molecular formula is C13H18F3NO. The fraction of sp³-hybridized carbons (Fsp3) is 0.692. The van der Waals surface area contributed by atoms with Crippen LogP contribution in [0.5, 0.6) is 0 Å². The molecule has 0 spiro atoms. The van der Waals surface area contributed by atoms with Gasteiger partial charge in [-0.15, -0.1) is 0 Å². The highest BCUT2D eigenvalue weighted by atomic mass is 19.4. The lowest BCUT2D eigenvalue weighted by atomic mass is 9.77. The van der Waals surface area contributed by atoms with E-state index in [-0.39, 0.29) is 24.8 Å². The van der Waals surface area contributed by atoms with Gasteiger partial charge in [-0.2, -0.15) is 13.2 Å². The standard InChI is InChI=1S/C13H18F3NO/c1-17-12(11-6-3-7-18-11)9-4-2-5-10(8-9)13(14,15)16/h3,6-7,9-10,12,17H,2,4-5,8H2,1H3. The van der Waals surface area contributed by atoms with E-state index >= 15 is 0 Å². The minimum absolute atomic E-state index is 0.0125. The fourth-order valence-electron chi connectivity index (χ4n) is 2.91. The molecule has 1 aliphatic rings. The van der Waals surface area contributed by atoms with E-state index in [4.69, 9.17) is 4.42 Å². The zero-order valence-corrected chi connectivity index (χ0v) is 10.3. The van der Waals surface area contributed by atoms with E-state index in [0.29, 0.717) is 6.42 Å². The summed E-state index contributed by atoms with van der Waals surface area (Å²) in [6.45, 7) is 0. The van der Waals surface area contributed by atoms with Crippen molar-refractivity contribution in [2.45, 2.75) is 37.9 Å². The molecule has 3 unspecified atom stereocenters. The average Bonchev–Trinajstić information content (AvgIpc) is 2.83. The quantitative estimate of drug-likeness (QED) is 0.892. The highest BCUT2D eigenvalue weighted by Gasteiger charge is 2.43. The molecule has 1 aromatic rings. The molecule has 1 aliphatic carbocycles. The van der Waals surface area contributed by atoms with Gasteiger partial charge in [0.2, 0.25) is 0 Å². The van der Waals surface area contributed by atoms with Crippen LogP contribution in [-0.4, -0.2) is 13.2 Å². The fourth-order valence-corrected chi connectivity index (χ4v) is 2.91. The Morgan fingerprint density at radius 3 is 2.72 bits per heavy atom. The number of halogens is 3. The average molecular weight is 261 g/mol. The lowest BCUT2D eigenvalue weighted by Gasteiger charge is -2.34. The molecular weight excluding hydrogens is 243 g/mol. The van der Waals surface area contributed by atoms with Crippen molar-refractivity contribution in [3.63, 3.8) is 0 Å². The Hall–Kier alpha value is -0.970. The lowest BCUT2D eigenvalue weighted by molar-refractivity contribution is -0.186. The molecule has 1 saturated carbocycles. The highest BCUT2D eigenvalue weighted by Crippen LogP contribution is 2.43. The minimum atomic E-state index is -4.07. The van der Waals surface area contributed by atoms with Gasteiger partial charge in [0.15, 0.2) is 0 Å². The second-order valence-corrected chi connectivity index (χ2v) is 4.95. The van der Waals surface area contributed by atoms with E-state index in [0.717, 1.165) is 12.2 Å². The number of furan rings is 1. The topological polar surface area (TPSA) is 25.2 Å². The molecule has 1 N–H and O–H groups in total. The van der Waals surface area contributed by atoms with Gasteiger partial charge in [-0.05, 0) is 44.4 Å². The Bertz CT molecular complexity index is 361. The molecule has 1 heterocycles. The molecule has 0 bridgehead atoms. The normalized spacial score (nSPS) is 27.1. The van der Waals surface area contributed by atoms with E-state index in [1.54, 1.807) is 19.4 Å². The Balaban J connectivity index is 2.08. The number of alkyl halides is 3. The van der Waals surface area contributed by atoms with Crippen molar-refractivity contribution in [3.8, 4) is 0 Å². The molecule has 0 amide bonds. The van der Waals surface area contributed by atoms with Crippen molar-refractivity contribution < 1.29 is 17.6 Å². The summed E-state index contributed by atoms with van der Waals surface area (Å²) in [6.07, 6.45) is -0.610. The first kappa shape index (κ1) is 13.5. The molecule has 102 valence electrons. The third-order valence-electron chi connectivity index (χ3n) is 3.81. The number of rotatable bonds is 3. The molecule has 0 aromatic carbocycles. The van der Waals surface area contributed by atoms with E-state index in [2.05, 4.69) is 5.32 Å². The lowest BCUT2D eigenvalue weighted by Crippen LogP contribution is -2.34. The van der Waals surface area contributed by atoms with Gasteiger partial charge in [-0.25, -0.2) is 0 Å². The zero-order chi connectivity index (χ0) is 13.2. The van der Waals surface area contributed by atoms with Crippen LogP contribution >= 0.6 is 0 Å². The molecule has 1 fully saturated rings. The Morgan fingerprint density at radius 2 is 2.17 bits per heavy atom. The van der Waals surface area contributed by atoms with Crippen LogP contribution in [0.1, 0.15) is 37.5 Å². The summed E-state index contributed by atoms with van der Waals surface area (Å²) < 4.78 is 43.7. The molecule has 0 radical (unpaired) electrons. The van der Waals surface area contributed by atoms with Gasteiger partial charge in [-0.3, -0.25) is 0 Å². The third kappa shape index (κ3) is 2.88. The van der Waals surface area contributed by atoms with E-state index < -0.39 is 12.1 Å². The first-order chi connectivity index (χ1) is 8.52. The van der Waals surface area contributed by atoms with Crippen molar-refractivity contribution in [2.75, 3.05) is 7.05 Å². The predicted molar refractivity (Wildman–Crippen MR) is 62.0 cm³/mol. The summed E-state index contributed by atoms with van der Waals surface area (Å²) in [4.78, 5) is 0. The van der Waals surface area contributed by atoms with Gasteiger partial charge in [0, 0.05) is 0 Å². The highest BCUT2D eigenvalue weighted by molar-refractivity contribution is 5.06. The SMILES string of the molecule is CNC(c1ccco1)C1CCCC(C(F)(F)F)C1. The minimum Gasteiger partial charge on any atom is -0.468 e. The zero-order valence-electron chi connectivity index (χ0n) is 10.3. The van der Waals surface area contributed by atoms with Crippen LogP contribution in [-0.2, 0) is 0 Å². The van der Waals surface area contributed by atoms with Gasteiger partial charge in [0.1, 0.15) is 5.76 Å². The number of nitrogens with one attached hydrogen (secondary N) is 1. The maximum atomic E-state index is 12.8. The van der Waals surface area contributed by atoms with Crippen molar-refractivity contribution in [3.05, 3.63) is 24.2 Å². The predicted octanol–water partition coefficient (Wildman–Crippen LogP) is 3.91. The Morgan fingerprint density at radius 1 is 1.39 bits per heavy atom. The Labute approximate surface area is 105 Å². The molecule has 18 heavy (non-hydrogen) atoms. The maximum Gasteiger partial charge on any atom is 0.391 e. The first-order valence-corrected chi connectivity index (χ1v) is 6.29. The van der Waals surface area contributed by atoms with Gasteiger partial charge >= 0.3 is 6.18 Å². The summed E-state index contributed by atoms with van der Waals surface area (Å²) in [5.41, 5.74) is 0. The van der Waals surface area contributed by atoms with Crippen LogP contribution in [0.25, 0.3) is 0 Å². The van der Waals surface area contributed by atoms with E-state index in [1.165, 1.54) is 0 Å². The number of hydrogen-bond donors (Lipinski definition) is 1. The van der Waals surface area contributed by atoms with Gasteiger partial charge in [-0.1, -0.05) is 6.42 Å². The van der Waals surface area contributed by atoms with Crippen molar-refractivity contribution in [2.24, 2.45) is 11.8 Å². The summed E-state index contributed by atoms with van der Waals surface area (Å²) in [6, 6.07) is 3.47. The second-order valence-electron chi connectivity index (χ2n) is 4.95. The van der Waals surface area contributed by atoms with Crippen LogP contribution < -0.4 is 5.32 Å². The van der Waals surface area contributed by atoms with Crippen LogP contribution in [0, 0.1) is 11.8 Å². The first-order valence-electron chi connectivity index (χ1n) is 6.29. The smallest absolute Gasteiger partial charge is 0.391 e. The molecule has 3 atom stereocenters. The second kappa shape index (κ2) is 5.34. The molecule has 5 heteroatoms. The monoisotopic (exact) mass is 261 g/mol. The van der Waals surface area contributed by atoms with Gasteiger partial charge < -0.3 is 9.73 Å². The molecule has 0 saturated heterocycles. The van der Waals surface area contributed by atoms with Crippen molar-refractivity contribution in [1.82, 2.24) is 5.32 Å². The third-order valence-corrected chi connectivity index (χ3v) is 3.81. The molecule has 0 aliphatic heterocycles. The van der Waals surface area contributed by atoms with Crippen molar-refractivity contribution >= 4 is 0 Å². The molecule has 2 rings (SSSR count). The molecule has 2 nitrogen and oxygen atoms in total. The van der Waals surface area contributed by atoms with Crippen LogP contribution in [0.4, 0.5) is 13.2 Å². The van der Waals surface area contributed by atoms with Crippen molar-refractivity contribution in [1.29, 1.82) is 0 Å². The van der Waals surface area contributed by atoms with Gasteiger partial charge in [0.25, 0.3) is 0 Å². The largest absolute Gasteiger partial charge is 0.468 e. The summed E-state index contributed by atoms with van der Waals surface area (Å²) in [7, 11) is 1.77. The van der Waals surface area contributed by atoms with Crippen LogP contribution in [0.2, 0.25) is 0 Å². The summed E-state index contributed by atoms with van der Waals surface area (Å²) in [5.74, 6) is -0.450. The molecule has 1 aromatic heterocycles.